The first-order chi connectivity index (χ1) is 31.8. The Kier molecular flexibility index (Phi) is 18.8. The zero-order valence-electron chi connectivity index (χ0n) is 38.1. The summed E-state index contributed by atoms with van der Waals surface area (Å²) in [5, 5.41) is 20.1. The van der Waals surface area contributed by atoms with Gasteiger partial charge < -0.3 is 43.6 Å². The highest BCUT2D eigenvalue weighted by molar-refractivity contribution is 14.1. The van der Waals surface area contributed by atoms with Gasteiger partial charge in [-0.1, -0.05) is 26.0 Å². The number of aromatic amines is 1. The maximum absolute atomic E-state index is 14.2. The minimum atomic E-state index is -0.822. The van der Waals surface area contributed by atoms with Crippen LogP contribution in [0.15, 0.2) is 72.9 Å². The van der Waals surface area contributed by atoms with Crippen LogP contribution < -0.4 is 28.4 Å². The third-order valence-corrected chi connectivity index (χ3v) is 11.3. The van der Waals surface area contributed by atoms with Crippen LogP contribution in [-0.2, 0) is 6.42 Å². The number of hydrogen-bond donors (Lipinski definition) is 3. The van der Waals surface area contributed by atoms with Crippen molar-refractivity contribution in [3.63, 3.8) is 0 Å². The van der Waals surface area contributed by atoms with Crippen LogP contribution in [0.2, 0.25) is 0 Å². The Labute approximate surface area is 396 Å². The zero-order valence-corrected chi connectivity index (χ0v) is 40.2. The number of nitrogens with one attached hydrogen (secondary N) is 1. The monoisotopic (exact) mass is 1020 g/mol. The van der Waals surface area contributed by atoms with Crippen LogP contribution >= 0.6 is 22.6 Å². The van der Waals surface area contributed by atoms with Gasteiger partial charge in [0.05, 0.1) is 59.0 Å². The lowest BCUT2D eigenvalue weighted by Crippen LogP contribution is -2.09. The molecule has 0 aliphatic carbocycles. The predicted octanol–water partition coefficient (Wildman–Crippen LogP) is 9.66. The number of Topliss-reactive ketones (excluding diaryl/α,β-unsaturated/α-hetero) is 3. The van der Waals surface area contributed by atoms with Gasteiger partial charge in [-0.15, -0.1) is 0 Å². The number of aliphatic hydroxyl groups is 2. The van der Waals surface area contributed by atoms with E-state index in [1.54, 1.807) is 81.9 Å². The number of aliphatic hydroxyl groups excluding tert-OH is 2. The molecule has 0 saturated carbocycles. The number of ketones is 3. The van der Waals surface area contributed by atoms with E-state index in [-0.39, 0.29) is 61.9 Å². The predicted molar refractivity (Wildman–Crippen MR) is 256 cm³/mol. The topological polar surface area (TPSA) is 189 Å². The molecular weight excluding hydrogens is 964 g/mol. The molecule has 0 aliphatic heterocycles. The van der Waals surface area contributed by atoms with E-state index in [0.717, 1.165) is 24.2 Å². The number of rotatable bonds is 22. The molecule has 16 heteroatoms. The molecule has 6 rings (SSSR count). The summed E-state index contributed by atoms with van der Waals surface area (Å²) in [5.41, 5.74) is 4.69. The van der Waals surface area contributed by atoms with Gasteiger partial charge in [-0.2, -0.15) is 0 Å². The van der Waals surface area contributed by atoms with Crippen molar-refractivity contribution in [2.45, 2.75) is 65.4 Å². The van der Waals surface area contributed by atoms with Gasteiger partial charge in [0.2, 0.25) is 0 Å². The van der Waals surface area contributed by atoms with Crippen molar-refractivity contribution in [2.24, 2.45) is 0 Å². The fourth-order valence-electron chi connectivity index (χ4n) is 7.13. The van der Waals surface area contributed by atoms with Crippen molar-refractivity contribution >= 4 is 50.8 Å². The van der Waals surface area contributed by atoms with Gasteiger partial charge in [0.1, 0.15) is 33.3 Å². The molecule has 1 unspecified atom stereocenters. The van der Waals surface area contributed by atoms with E-state index in [9.17, 15) is 23.9 Å². The highest BCUT2D eigenvalue weighted by Crippen LogP contribution is 2.37. The van der Waals surface area contributed by atoms with Crippen molar-refractivity contribution in [3.8, 4) is 45.8 Å². The Morgan fingerprint density at radius 3 is 1.97 bits per heavy atom. The average Bonchev–Trinajstić information content (AvgIpc) is 3.78. The van der Waals surface area contributed by atoms with Crippen LogP contribution in [0, 0.1) is 16.4 Å². The zero-order chi connectivity index (χ0) is 47.9. The van der Waals surface area contributed by atoms with Crippen LogP contribution in [0.4, 0.5) is 4.39 Å². The molecule has 0 spiro atoms. The third kappa shape index (κ3) is 12.4. The second-order valence-corrected chi connectivity index (χ2v) is 16.0. The molecule has 14 nitrogen and oxygen atoms in total. The number of methoxy groups -OCH3 is 4. The molecule has 1 atom stereocenters. The lowest BCUT2D eigenvalue weighted by Gasteiger charge is -2.15. The number of para-hydroxylation sites is 1. The molecule has 3 aromatic carbocycles. The van der Waals surface area contributed by atoms with Crippen LogP contribution in [0.5, 0.6) is 34.5 Å². The van der Waals surface area contributed by atoms with Crippen LogP contribution in [-0.4, -0.2) is 90.8 Å². The number of benzene rings is 3. The van der Waals surface area contributed by atoms with E-state index < -0.39 is 11.9 Å². The Morgan fingerprint density at radius 1 is 0.758 bits per heavy atom. The second kappa shape index (κ2) is 24.4. The average molecular weight is 1020 g/mol. The van der Waals surface area contributed by atoms with Gasteiger partial charge in [-0.05, 0) is 115 Å². The number of ether oxygens (including phenoxy) is 6. The molecule has 6 aromatic rings. The summed E-state index contributed by atoms with van der Waals surface area (Å²) in [4.78, 5) is 50.4. The first-order valence-electron chi connectivity index (χ1n) is 21.4. The first kappa shape index (κ1) is 50.9. The van der Waals surface area contributed by atoms with E-state index in [0.29, 0.717) is 83.6 Å². The fourth-order valence-corrected chi connectivity index (χ4v) is 7.97. The summed E-state index contributed by atoms with van der Waals surface area (Å²) < 4.78 is 47.5. The molecule has 3 N–H and O–H groups in total. The summed E-state index contributed by atoms with van der Waals surface area (Å²) >= 11 is 2.10. The van der Waals surface area contributed by atoms with Crippen LogP contribution in [0.3, 0.4) is 0 Å². The molecular formula is C50H55FIN3O11. The second-order valence-electron chi connectivity index (χ2n) is 14.9. The molecule has 0 radical (unpaired) electrons. The summed E-state index contributed by atoms with van der Waals surface area (Å²) in [6.45, 7) is 6.38. The van der Waals surface area contributed by atoms with Gasteiger partial charge in [-0.3, -0.25) is 14.4 Å². The summed E-state index contributed by atoms with van der Waals surface area (Å²) in [7, 11) is 6.13. The number of halogens is 2. The van der Waals surface area contributed by atoms with E-state index >= 15 is 0 Å². The summed E-state index contributed by atoms with van der Waals surface area (Å²) in [6, 6.07) is 18.1. The largest absolute Gasteiger partial charge is 0.494 e. The normalized spacial score (nSPS) is 11.3. The van der Waals surface area contributed by atoms with Gasteiger partial charge in [0, 0.05) is 47.5 Å². The van der Waals surface area contributed by atoms with Crippen LogP contribution in [0.1, 0.15) is 100 Å². The van der Waals surface area contributed by atoms with Crippen LogP contribution in [0.25, 0.3) is 22.2 Å². The van der Waals surface area contributed by atoms with Gasteiger partial charge in [-0.25, -0.2) is 14.4 Å². The number of nitrogens with zero attached hydrogens (tertiary/aromatic N) is 2. The Bertz CT molecular complexity index is 2650. The Morgan fingerprint density at radius 2 is 1.38 bits per heavy atom. The number of carbonyl (C=O) groups excluding carboxylic acids is 3. The fraction of sp³-hybridized carbons (Fsp3) is 0.340. The molecule has 350 valence electrons. The van der Waals surface area contributed by atoms with E-state index in [4.69, 9.17) is 33.5 Å². The number of fused-ring (bicyclic) bond motifs is 1. The minimum absolute atomic E-state index is 0.0286. The third-order valence-electron chi connectivity index (χ3n) is 10.5. The van der Waals surface area contributed by atoms with E-state index in [1.165, 1.54) is 20.3 Å². The first-order valence-corrected chi connectivity index (χ1v) is 22.5. The minimum Gasteiger partial charge on any atom is -0.494 e. The molecule has 3 heterocycles. The molecule has 0 fully saturated rings. The van der Waals surface area contributed by atoms with Crippen molar-refractivity contribution in [1.82, 2.24) is 15.0 Å². The van der Waals surface area contributed by atoms with Gasteiger partial charge in [0.15, 0.2) is 46.1 Å². The number of aromatic nitrogens is 3. The Balaban J connectivity index is 0.000000256. The van der Waals surface area contributed by atoms with Gasteiger partial charge >= 0.3 is 0 Å². The molecule has 0 amide bonds. The summed E-state index contributed by atoms with van der Waals surface area (Å²) in [5.74, 6) is 2.13. The Hall–Kier alpha value is -6.11. The molecule has 0 bridgehead atoms. The molecule has 0 aliphatic rings. The molecule has 66 heavy (non-hydrogen) atoms. The standard InChI is InChI=1S/C28H27FN2O6.C22H28INO5/c1-16-13-21(31-27(28(16)36-3)19-15-30-26-18(19)5-4-6-20(26)29)23(34)9-8-22(33)17-7-10-24(37-12-11-32)25(14-17)35-2;1-5-11-29-19-10-7-15(13-20(19)27-3)17(25)8-9-18(26)16-12-14(6-2)21(28-4)22(23)24-16/h4-7,10,13-15,30,32H,8-9,11-12H2,1-3H3;7,10,12-13,18,26H,5-6,8-9,11H2,1-4H3. The quantitative estimate of drug-likeness (QED) is 0.0332. The molecule has 0 saturated heterocycles. The highest BCUT2D eigenvalue weighted by Gasteiger charge is 2.22. The lowest BCUT2D eigenvalue weighted by atomic mass is 10.0. The lowest BCUT2D eigenvalue weighted by molar-refractivity contribution is 0.0914. The molecule has 3 aromatic heterocycles. The SMILES string of the molecule is CCCOc1ccc(C(=O)CCC(O)c2cc(CC)c(OC)c(I)n2)cc1OC.COc1cc(C(=O)CCC(=O)c2cc(C)c(OC)c(-c3c[nH]c4c(F)cccc34)n2)ccc1OCCO. The van der Waals surface area contributed by atoms with Gasteiger partial charge in [0.25, 0.3) is 0 Å². The number of carbonyl (C=O) groups is 3. The number of pyridine rings is 2. The van der Waals surface area contributed by atoms with Crippen molar-refractivity contribution in [2.75, 3.05) is 48.3 Å². The van der Waals surface area contributed by atoms with Crippen molar-refractivity contribution in [3.05, 3.63) is 116 Å². The van der Waals surface area contributed by atoms with Crippen molar-refractivity contribution < 1.29 is 57.4 Å². The maximum atomic E-state index is 14.2. The maximum Gasteiger partial charge on any atom is 0.181 e. The number of H-pyrrole nitrogens is 1. The van der Waals surface area contributed by atoms with Crippen molar-refractivity contribution in [1.29, 1.82) is 0 Å². The number of aryl methyl sites for hydroxylation is 2. The number of hydrogen-bond acceptors (Lipinski definition) is 13. The highest BCUT2D eigenvalue weighted by atomic mass is 127. The van der Waals surface area contributed by atoms with E-state index in [1.807, 2.05) is 19.9 Å². The summed E-state index contributed by atoms with van der Waals surface area (Å²) in [6.07, 6.45) is 2.88. The smallest absolute Gasteiger partial charge is 0.181 e. The van der Waals surface area contributed by atoms with E-state index in [2.05, 4.69) is 37.5 Å².